The number of imidazole rings is 1. The van der Waals surface area contributed by atoms with E-state index in [-0.39, 0.29) is 0 Å². The number of hydrogen-bond donors (Lipinski definition) is 2. The van der Waals surface area contributed by atoms with Crippen LogP contribution in [0.1, 0.15) is 35.4 Å². The molecule has 1 aliphatic heterocycles. The van der Waals surface area contributed by atoms with Crippen molar-refractivity contribution in [3.8, 4) is 11.3 Å². The van der Waals surface area contributed by atoms with E-state index in [1.54, 1.807) is 0 Å². The van der Waals surface area contributed by atoms with Gasteiger partial charge in [-0.05, 0) is 75.4 Å². The van der Waals surface area contributed by atoms with E-state index >= 15 is 0 Å². The Labute approximate surface area is 127 Å². The molecule has 2 aromatic rings. The molecular weight excluding hydrogens is 258 g/mol. The van der Waals surface area contributed by atoms with Crippen LogP contribution in [0.3, 0.4) is 0 Å². The van der Waals surface area contributed by atoms with Gasteiger partial charge in [0.15, 0.2) is 0 Å². The van der Waals surface area contributed by atoms with Crippen molar-refractivity contribution in [2.24, 2.45) is 5.92 Å². The van der Waals surface area contributed by atoms with Crippen LogP contribution in [0.5, 0.6) is 0 Å². The van der Waals surface area contributed by atoms with Crippen molar-refractivity contribution in [2.75, 3.05) is 13.1 Å². The minimum Gasteiger partial charge on any atom is -0.342 e. The Kier molecular flexibility index (Phi) is 4.11. The van der Waals surface area contributed by atoms with Gasteiger partial charge in [0.2, 0.25) is 0 Å². The first-order valence-electron chi connectivity index (χ1n) is 7.96. The van der Waals surface area contributed by atoms with E-state index in [2.05, 4.69) is 48.2 Å². The van der Waals surface area contributed by atoms with Crippen LogP contribution < -0.4 is 5.32 Å². The number of aromatic amines is 1. The molecule has 1 saturated heterocycles. The number of piperidine rings is 1. The highest BCUT2D eigenvalue weighted by Gasteiger charge is 2.16. The van der Waals surface area contributed by atoms with Crippen molar-refractivity contribution in [3.05, 3.63) is 40.8 Å². The molecule has 2 heterocycles. The minimum atomic E-state index is 0.770. The molecule has 3 heteroatoms. The van der Waals surface area contributed by atoms with E-state index in [9.17, 15) is 0 Å². The van der Waals surface area contributed by atoms with Crippen molar-refractivity contribution >= 4 is 0 Å². The number of hydrogen-bond acceptors (Lipinski definition) is 2. The summed E-state index contributed by atoms with van der Waals surface area (Å²) in [5.74, 6) is 1.90. The van der Waals surface area contributed by atoms with Crippen LogP contribution in [-0.4, -0.2) is 23.1 Å². The second-order valence-electron chi connectivity index (χ2n) is 6.39. The van der Waals surface area contributed by atoms with Gasteiger partial charge in [0.25, 0.3) is 0 Å². The Balaban J connectivity index is 1.79. The Morgan fingerprint density at radius 3 is 2.52 bits per heavy atom. The zero-order valence-corrected chi connectivity index (χ0v) is 13.3. The van der Waals surface area contributed by atoms with E-state index in [1.807, 2.05) is 6.20 Å². The van der Waals surface area contributed by atoms with Gasteiger partial charge in [0.1, 0.15) is 5.82 Å². The molecule has 1 aromatic carbocycles. The first-order chi connectivity index (χ1) is 10.1. The predicted molar refractivity (Wildman–Crippen MR) is 87.5 cm³/mol. The Morgan fingerprint density at radius 1 is 1.05 bits per heavy atom. The third-order valence-electron chi connectivity index (χ3n) is 4.70. The molecule has 0 saturated carbocycles. The third-order valence-corrected chi connectivity index (χ3v) is 4.70. The van der Waals surface area contributed by atoms with Gasteiger partial charge in [-0.15, -0.1) is 0 Å². The van der Waals surface area contributed by atoms with E-state index in [4.69, 9.17) is 0 Å². The molecule has 3 rings (SSSR count). The number of nitrogens with zero attached hydrogens (tertiary/aromatic N) is 1. The monoisotopic (exact) mass is 283 g/mol. The molecule has 0 aliphatic carbocycles. The van der Waals surface area contributed by atoms with Gasteiger partial charge >= 0.3 is 0 Å². The maximum Gasteiger partial charge on any atom is 0.106 e. The van der Waals surface area contributed by atoms with Gasteiger partial charge in [-0.1, -0.05) is 6.07 Å². The van der Waals surface area contributed by atoms with Crippen molar-refractivity contribution in [1.82, 2.24) is 15.3 Å². The van der Waals surface area contributed by atoms with Crippen LogP contribution in [0.25, 0.3) is 11.3 Å². The molecule has 1 aliphatic rings. The lowest BCUT2D eigenvalue weighted by atomic mass is 9.94. The number of benzene rings is 1. The first kappa shape index (κ1) is 14.3. The summed E-state index contributed by atoms with van der Waals surface area (Å²) < 4.78 is 0. The van der Waals surface area contributed by atoms with Crippen molar-refractivity contribution in [2.45, 2.75) is 40.0 Å². The van der Waals surface area contributed by atoms with Gasteiger partial charge in [-0.3, -0.25) is 0 Å². The smallest absolute Gasteiger partial charge is 0.106 e. The van der Waals surface area contributed by atoms with E-state index < -0.39 is 0 Å². The van der Waals surface area contributed by atoms with Gasteiger partial charge in [-0.25, -0.2) is 4.98 Å². The fourth-order valence-corrected chi connectivity index (χ4v) is 3.21. The number of rotatable bonds is 3. The summed E-state index contributed by atoms with van der Waals surface area (Å²) in [4.78, 5) is 8.14. The molecule has 3 nitrogen and oxygen atoms in total. The summed E-state index contributed by atoms with van der Waals surface area (Å²) in [6, 6.07) is 4.53. The largest absolute Gasteiger partial charge is 0.342 e. The molecule has 0 spiro atoms. The summed E-state index contributed by atoms with van der Waals surface area (Å²) in [5.41, 5.74) is 6.44. The molecule has 0 radical (unpaired) electrons. The van der Waals surface area contributed by atoms with Crippen LogP contribution >= 0.6 is 0 Å². The normalized spacial score (nSPS) is 16.3. The summed E-state index contributed by atoms with van der Waals surface area (Å²) >= 11 is 0. The van der Waals surface area contributed by atoms with Crippen molar-refractivity contribution < 1.29 is 0 Å². The summed E-state index contributed by atoms with van der Waals surface area (Å²) in [6.45, 7) is 8.81. The highest BCUT2D eigenvalue weighted by atomic mass is 14.9. The fraction of sp³-hybridized carbons (Fsp3) is 0.500. The number of aromatic nitrogens is 2. The molecule has 1 fully saturated rings. The highest BCUT2D eigenvalue weighted by molar-refractivity contribution is 5.65. The van der Waals surface area contributed by atoms with Crippen molar-refractivity contribution in [3.63, 3.8) is 0 Å². The van der Waals surface area contributed by atoms with Gasteiger partial charge < -0.3 is 10.3 Å². The standard InChI is InChI=1S/C18H25N3/c1-12-8-14(3)16(9-13(12)2)17-11-20-18(21-17)10-15-4-6-19-7-5-15/h8-9,11,15,19H,4-7,10H2,1-3H3,(H,20,21). The molecule has 1 aromatic heterocycles. The zero-order valence-electron chi connectivity index (χ0n) is 13.3. The molecule has 0 atom stereocenters. The first-order valence-corrected chi connectivity index (χ1v) is 7.96. The minimum absolute atomic E-state index is 0.770. The predicted octanol–water partition coefficient (Wildman–Crippen LogP) is 3.54. The van der Waals surface area contributed by atoms with Gasteiger partial charge in [-0.2, -0.15) is 0 Å². The Hall–Kier alpha value is -1.61. The summed E-state index contributed by atoms with van der Waals surface area (Å²) in [6.07, 6.45) is 5.59. The second kappa shape index (κ2) is 6.02. The molecular formula is C18H25N3. The molecule has 0 bridgehead atoms. The van der Waals surface area contributed by atoms with Crippen LogP contribution in [0.4, 0.5) is 0 Å². The highest BCUT2D eigenvalue weighted by Crippen LogP contribution is 2.26. The fourth-order valence-electron chi connectivity index (χ4n) is 3.21. The van der Waals surface area contributed by atoms with Gasteiger partial charge in [0.05, 0.1) is 11.9 Å². The maximum atomic E-state index is 4.60. The second-order valence-corrected chi connectivity index (χ2v) is 6.39. The maximum absolute atomic E-state index is 4.60. The number of nitrogens with one attached hydrogen (secondary N) is 2. The summed E-state index contributed by atoms with van der Waals surface area (Å²) in [5, 5.41) is 3.42. The van der Waals surface area contributed by atoms with E-state index in [0.717, 1.165) is 36.9 Å². The zero-order chi connectivity index (χ0) is 14.8. The molecule has 2 N–H and O–H groups in total. The Morgan fingerprint density at radius 2 is 1.76 bits per heavy atom. The van der Waals surface area contributed by atoms with Crippen LogP contribution in [0.15, 0.2) is 18.3 Å². The van der Waals surface area contributed by atoms with Crippen molar-refractivity contribution in [1.29, 1.82) is 0 Å². The lowest BCUT2D eigenvalue weighted by Crippen LogP contribution is -2.28. The molecule has 0 unspecified atom stereocenters. The van der Waals surface area contributed by atoms with Crippen LogP contribution in [0, 0.1) is 26.7 Å². The Bertz CT molecular complexity index is 621. The summed E-state index contributed by atoms with van der Waals surface area (Å²) in [7, 11) is 0. The lowest BCUT2D eigenvalue weighted by Gasteiger charge is -2.21. The van der Waals surface area contributed by atoms with Crippen LogP contribution in [0.2, 0.25) is 0 Å². The molecule has 21 heavy (non-hydrogen) atoms. The van der Waals surface area contributed by atoms with Crippen LogP contribution in [-0.2, 0) is 6.42 Å². The lowest BCUT2D eigenvalue weighted by molar-refractivity contribution is 0.368. The molecule has 112 valence electrons. The quantitative estimate of drug-likeness (QED) is 0.904. The SMILES string of the molecule is Cc1cc(C)c(-c2cnc(CC3CCNCC3)[nH]2)cc1C. The average molecular weight is 283 g/mol. The average Bonchev–Trinajstić information content (AvgIpc) is 2.92. The third kappa shape index (κ3) is 3.18. The topological polar surface area (TPSA) is 40.7 Å². The van der Waals surface area contributed by atoms with E-state index in [0.29, 0.717) is 0 Å². The van der Waals surface area contributed by atoms with Gasteiger partial charge in [0, 0.05) is 12.0 Å². The number of H-pyrrole nitrogens is 1. The molecule has 0 amide bonds. The number of aryl methyl sites for hydroxylation is 3. The van der Waals surface area contributed by atoms with E-state index in [1.165, 1.54) is 35.1 Å².